The highest BCUT2D eigenvalue weighted by atomic mass is 16.5. The van der Waals surface area contributed by atoms with Crippen LogP contribution in [0.25, 0.3) is 0 Å². The van der Waals surface area contributed by atoms with E-state index in [0.29, 0.717) is 25.0 Å². The third-order valence-electron chi connectivity index (χ3n) is 3.63. The van der Waals surface area contributed by atoms with Crippen molar-refractivity contribution >= 4 is 0 Å². The lowest BCUT2D eigenvalue weighted by Crippen LogP contribution is -2.24. The van der Waals surface area contributed by atoms with Gasteiger partial charge >= 0.3 is 0 Å². The van der Waals surface area contributed by atoms with Gasteiger partial charge in [0.1, 0.15) is 6.61 Å². The molecule has 118 valence electrons. The molecule has 22 heavy (non-hydrogen) atoms. The van der Waals surface area contributed by atoms with E-state index in [9.17, 15) is 0 Å². The van der Waals surface area contributed by atoms with Gasteiger partial charge in [-0.25, -0.2) is 0 Å². The van der Waals surface area contributed by atoms with Crippen LogP contribution in [0.3, 0.4) is 0 Å². The first kappa shape index (κ1) is 14.8. The van der Waals surface area contributed by atoms with Crippen LogP contribution in [-0.4, -0.2) is 42.3 Å². The van der Waals surface area contributed by atoms with Gasteiger partial charge in [-0.15, -0.1) is 0 Å². The summed E-state index contributed by atoms with van der Waals surface area (Å²) in [4.78, 5) is 6.52. The fourth-order valence-electron chi connectivity index (χ4n) is 2.20. The summed E-state index contributed by atoms with van der Waals surface area (Å²) >= 11 is 0. The van der Waals surface area contributed by atoms with Gasteiger partial charge in [-0.1, -0.05) is 17.3 Å². The van der Waals surface area contributed by atoms with E-state index in [4.69, 9.17) is 14.0 Å². The first-order chi connectivity index (χ1) is 10.8. The zero-order chi connectivity index (χ0) is 15.4. The number of likely N-dealkylation sites (N-methyl/N-ethyl adjacent to an activating group) is 1. The molecule has 0 N–H and O–H groups in total. The Morgan fingerprint density at radius 3 is 2.77 bits per heavy atom. The summed E-state index contributed by atoms with van der Waals surface area (Å²) in [5, 5.41) is 4.02. The average molecular weight is 303 g/mol. The second-order valence-electron chi connectivity index (χ2n) is 5.56. The number of para-hydroxylation sites is 2. The van der Waals surface area contributed by atoms with Crippen LogP contribution in [0.15, 0.2) is 28.8 Å². The van der Waals surface area contributed by atoms with E-state index < -0.39 is 0 Å². The molecule has 3 rings (SSSR count). The molecule has 2 aromatic rings. The second-order valence-corrected chi connectivity index (χ2v) is 5.56. The van der Waals surface area contributed by atoms with Gasteiger partial charge in [0, 0.05) is 12.5 Å². The first-order valence-electron chi connectivity index (χ1n) is 7.53. The van der Waals surface area contributed by atoms with E-state index in [1.165, 1.54) is 12.8 Å². The fraction of sp³-hybridized carbons (Fsp3) is 0.500. The molecule has 1 saturated carbocycles. The molecule has 6 heteroatoms. The van der Waals surface area contributed by atoms with Gasteiger partial charge < -0.3 is 14.0 Å². The van der Waals surface area contributed by atoms with Crippen molar-refractivity contribution < 1.29 is 14.0 Å². The lowest BCUT2D eigenvalue weighted by Gasteiger charge is -2.15. The monoisotopic (exact) mass is 303 g/mol. The normalized spacial score (nSPS) is 14.3. The van der Waals surface area contributed by atoms with Gasteiger partial charge in [0.05, 0.1) is 13.7 Å². The number of ether oxygens (including phenoxy) is 2. The molecule has 1 aliphatic rings. The number of rotatable bonds is 8. The zero-order valence-electron chi connectivity index (χ0n) is 13.0. The smallest absolute Gasteiger partial charge is 0.240 e. The Bertz CT molecular complexity index is 610. The predicted octanol–water partition coefficient (Wildman–Crippen LogP) is 2.47. The molecule has 1 heterocycles. The van der Waals surface area contributed by atoms with Crippen molar-refractivity contribution in [1.82, 2.24) is 15.0 Å². The molecule has 6 nitrogen and oxygen atoms in total. The first-order valence-corrected chi connectivity index (χ1v) is 7.53. The maximum atomic E-state index is 5.76. The summed E-state index contributed by atoms with van der Waals surface area (Å²) in [6.45, 7) is 1.97. The highest BCUT2D eigenvalue weighted by Crippen LogP contribution is 2.38. The average Bonchev–Trinajstić information content (AvgIpc) is 3.28. The molecule has 0 spiro atoms. The molecular formula is C16H21N3O3. The predicted molar refractivity (Wildman–Crippen MR) is 81.1 cm³/mol. The summed E-state index contributed by atoms with van der Waals surface area (Å²) in [7, 11) is 3.65. The van der Waals surface area contributed by atoms with Crippen LogP contribution in [0.1, 0.15) is 30.5 Å². The van der Waals surface area contributed by atoms with Crippen LogP contribution < -0.4 is 9.47 Å². The van der Waals surface area contributed by atoms with Crippen molar-refractivity contribution in [3.05, 3.63) is 36.0 Å². The largest absolute Gasteiger partial charge is 0.493 e. The molecule has 0 unspecified atom stereocenters. The molecule has 0 aliphatic heterocycles. The molecule has 0 atom stereocenters. The maximum Gasteiger partial charge on any atom is 0.240 e. The van der Waals surface area contributed by atoms with Gasteiger partial charge in [-0.05, 0) is 32.0 Å². The Labute approximate surface area is 130 Å². The Morgan fingerprint density at radius 1 is 1.27 bits per heavy atom. The minimum Gasteiger partial charge on any atom is -0.493 e. The van der Waals surface area contributed by atoms with Crippen LogP contribution in [-0.2, 0) is 6.54 Å². The molecule has 1 aliphatic carbocycles. The number of nitrogens with zero attached hydrogens (tertiary/aromatic N) is 3. The molecule has 0 saturated heterocycles. The number of methoxy groups -OCH3 is 1. The lowest BCUT2D eigenvalue weighted by atomic mass is 10.3. The van der Waals surface area contributed by atoms with Gasteiger partial charge in [0.25, 0.3) is 0 Å². The van der Waals surface area contributed by atoms with E-state index in [1.54, 1.807) is 7.11 Å². The fourth-order valence-corrected chi connectivity index (χ4v) is 2.20. The second kappa shape index (κ2) is 6.79. The quantitative estimate of drug-likeness (QED) is 0.746. The SMILES string of the molecule is COc1ccccc1OCCN(C)Cc1nc(C2CC2)no1. The number of hydrogen-bond donors (Lipinski definition) is 0. The van der Waals surface area contributed by atoms with Crippen molar-refractivity contribution in [2.45, 2.75) is 25.3 Å². The molecule has 1 aromatic heterocycles. The highest BCUT2D eigenvalue weighted by molar-refractivity contribution is 5.39. The van der Waals surface area contributed by atoms with Gasteiger partial charge in [-0.3, -0.25) is 4.90 Å². The lowest BCUT2D eigenvalue weighted by molar-refractivity contribution is 0.208. The summed E-state index contributed by atoms with van der Waals surface area (Å²) < 4.78 is 16.3. The van der Waals surface area contributed by atoms with Gasteiger partial charge in [0.2, 0.25) is 5.89 Å². The van der Waals surface area contributed by atoms with E-state index >= 15 is 0 Å². The Balaban J connectivity index is 1.44. The summed E-state index contributed by atoms with van der Waals surface area (Å²) in [6, 6.07) is 7.64. The van der Waals surface area contributed by atoms with Gasteiger partial charge in [-0.2, -0.15) is 4.98 Å². The van der Waals surface area contributed by atoms with Crippen LogP contribution >= 0.6 is 0 Å². The standard InChI is InChI=1S/C16H21N3O3/c1-19(11-15-17-16(18-22-15)12-7-8-12)9-10-21-14-6-4-3-5-13(14)20-2/h3-6,12H,7-11H2,1-2H3. The molecule has 1 fully saturated rings. The van der Waals surface area contributed by atoms with Crippen LogP contribution in [0.5, 0.6) is 11.5 Å². The van der Waals surface area contributed by atoms with Crippen molar-refractivity contribution in [2.24, 2.45) is 0 Å². The Hall–Kier alpha value is -2.08. The molecule has 0 radical (unpaired) electrons. The zero-order valence-corrected chi connectivity index (χ0v) is 13.0. The highest BCUT2D eigenvalue weighted by Gasteiger charge is 2.28. The number of aromatic nitrogens is 2. The minimum absolute atomic E-state index is 0.525. The molecular weight excluding hydrogens is 282 g/mol. The molecule has 0 amide bonds. The van der Waals surface area contributed by atoms with Crippen LogP contribution in [0, 0.1) is 0 Å². The van der Waals surface area contributed by atoms with E-state index in [0.717, 1.165) is 23.9 Å². The third kappa shape index (κ3) is 3.76. The summed E-state index contributed by atoms with van der Waals surface area (Å²) in [6.07, 6.45) is 2.36. The molecule has 1 aromatic carbocycles. The number of hydrogen-bond acceptors (Lipinski definition) is 6. The van der Waals surface area contributed by atoms with Crippen molar-refractivity contribution in [1.29, 1.82) is 0 Å². The minimum atomic E-state index is 0.525. The Kier molecular flexibility index (Phi) is 4.58. The van der Waals surface area contributed by atoms with Gasteiger partial charge in [0.15, 0.2) is 17.3 Å². The third-order valence-corrected chi connectivity index (χ3v) is 3.63. The van der Waals surface area contributed by atoms with E-state index in [1.807, 2.05) is 31.3 Å². The van der Waals surface area contributed by atoms with Crippen molar-refractivity contribution in [2.75, 3.05) is 27.3 Å². The maximum absolute atomic E-state index is 5.76. The van der Waals surface area contributed by atoms with E-state index in [2.05, 4.69) is 15.0 Å². The Morgan fingerprint density at radius 2 is 2.05 bits per heavy atom. The molecule has 0 bridgehead atoms. The van der Waals surface area contributed by atoms with Crippen molar-refractivity contribution in [3.63, 3.8) is 0 Å². The topological polar surface area (TPSA) is 60.6 Å². The summed E-state index contributed by atoms with van der Waals surface area (Å²) in [5.74, 6) is 3.55. The van der Waals surface area contributed by atoms with Crippen LogP contribution in [0.2, 0.25) is 0 Å². The number of benzene rings is 1. The van der Waals surface area contributed by atoms with Crippen LogP contribution in [0.4, 0.5) is 0 Å². The summed E-state index contributed by atoms with van der Waals surface area (Å²) in [5.41, 5.74) is 0. The van der Waals surface area contributed by atoms with E-state index in [-0.39, 0.29) is 0 Å². The van der Waals surface area contributed by atoms with Crippen molar-refractivity contribution in [3.8, 4) is 11.5 Å².